The molecule has 0 radical (unpaired) electrons. The van der Waals surface area contributed by atoms with Gasteiger partial charge in [0.1, 0.15) is 11.6 Å². The van der Waals surface area contributed by atoms with Gasteiger partial charge in [0.25, 0.3) is 0 Å². The summed E-state index contributed by atoms with van der Waals surface area (Å²) in [6, 6.07) is 8.88. The van der Waals surface area contributed by atoms with Crippen LogP contribution in [0.2, 0.25) is 0 Å². The summed E-state index contributed by atoms with van der Waals surface area (Å²) in [5.74, 6) is -0.870. The van der Waals surface area contributed by atoms with Crippen molar-refractivity contribution in [3.8, 4) is 0 Å². The first-order valence-electron chi connectivity index (χ1n) is 5.60. The molecule has 0 amide bonds. The molecule has 100 valence electrons. The van der Waals surface area contributed by atoms with Gasteiger partial charge in [-0.05, 0) is 71.6 Å². The summed E-state index contributed by atoms with van der Waals surface area (Å²) in [4.78, 5) is 0. The third kappa shape index (κ3) is 3.32. The molecule has 0 aliphatic rings. The van der Waals surface area contributed by atoms with Crippen molar-refractivity contribution in [2.75, 3.05) is 7.05 Å². The fraction of sp³-hybridized carbons (Fsp3) is 0.143. The summed E-state index contributed by atoms with van der Waals surface area (Å²) in [6.07, 6.45) is 0. The second-order valence-electron chi connectivity index (χ2n) is 4.05. The Labute approximate surface area is 132 Å². The highest BCUT2D eigenvalue weighted by molar-refractivity contribution is 14.1. The molecule has 1 nitrogen and oxygen atoms in total. The maximum absolute atomic E-state index is 13.9. The van der Waals surface area contributed by atoms with Gasteiger partial charge in [-0.1, -0.05) is 15.9 Å². The molecule has 2 rings (SSSR count). The molecule has 0 bridgehead atoms. The Hall–Kier alpha value is -0.530. The zero-order valence-corrected chi connectivity index (χ0v) is 13.8. The quantitative estimate of drug-likeness (QED) is 0.689. The fourth-order valence-corrected chi connectivity index (χ4v) is 2.94. The van der Waals surface area contributed by atoms with E-state index in [-0.39, 0.29) is 0 Å². The molecule has 1 atom stereocenters. The van der Waals surface area contributed by atoms with Crippen LogP contribution in [0.5, 0.6) is 0 Å². The standard InChI is InChI=1S/C14H11BrF2IN/c1-19-14(10-7-9(18)3-4-12(10)15)11-6-8(16)2-5-13(11)17/h2-7,14,19H,1H3. The molecule has 0 spiro atoms. The molecule has 0 heterocycles. The van der Waals surface area contributed by atoms with Crippen molar-refractivity contribution in [1.29, 1.82) is 0 Å². The number of hydrogen-bond acceptors (Lipinski definition) is 1. The molecule has 0 saturated heterocycles. The first kappa shape index (κ1) is 14.9. The van der Waals surface area contributed by atoms with E-state index in [4.69, 9.17) is 0 Å². The molecular formula is C14H11BrF2IN. The Bertz CT molecular complexity index is 552. The molecule has 0 aromatic heterocycles. The number of rotatable bonds is 3. The zero-order chi connectivity index (χ0) is 14.0. The highest BCUT2D eigenvalue weighted by Crippen LogP contribution is 2.31. The van der Waals surface area contributed by atoms with Gasteiger partial charge in [-0.2, -0.15) is 0 Å². The Morgan fingerprint density at radius 2 is 1.84 bits per heavy atom. The van der Waals surface area contributed by atoms with Crippen molar-refractivity contribution in [2.24, 2.45) is 0 Å². The van der Waals surface area contributed by atoms with Gasteiger partial charge in [0.2, 0.25) is 0 Å². The minimum Gasteiger partial charge on any atom is -0.309 e. The summed E-state index contributed by atoms with van der Waals surface area (Å²) in [5, 5.41) is 3.03. The van der Waals surface area contributed by atoms with Crippen LogP contribution in [0, 0.1) is 15.2 Å². The Morgan fingerprint density at radius 1 is 1.11 bits per heavy atom. The zero-order valence-electron chi connectivity index (χ0n) is 10.1. The van der Waals surface area contributed by atoms with Crippen LogP contribution in [0.25, 0.3) is 0 Å². The fourth-order valence-electron chi connectivity index (χ4n) is 1.95. The summed E-state index contributed by atoms with van der Waals surface area (Å²) in [7, 11) is 1.72. The SMILES string of the molecule is CNC(c1cc(F)ccc1F)c1cc(I)ccc1Br. The molecule has 0 saturated carbocycles. The molecule has 0 aliphatic carbocycles. The monoisotopic (exact) mass is 437 g/mol. The van der Waals surface area contributed by atoms with Crippen molar-refractivity contribution in [2.45, 2.75) is 6.04 Å². The summed E-state index contributed by atoms with van der Waals surface area (Å²) < 4.78 is 29.1. The molecule has 5 heteroatoms. The van der Waals surface area contributed by atoms with E-state index in [1.54, 1.807) is 7.05 Å². The van der Waals surface area contributed by atoms with E-state index in [0.717, 1.165) is 25.7 Å². The number of benzene rings is 2. The van der Waals surface area contributed by atoms with Gasteiger partial charge in [0.15, 0.2) is 0 Å². The highest BCUT2D eigenvalue weighted by atomic mass is 127. The Balaban J connectivity index is 2.55. The molecule has 2 aromatic carbocycles. The van der Waals surface area contributed by atoms with E-state index >= 15 is 0 Å². The van der Waals surface area contributed by atoms with Crippen LogP contribution in [0.1, 0.15) is 17.2 Å². The second kappa shape index (κ2) is 6.28. The second-order valence-corrected chi connectivity index (χ2v) is 6.15. The van der Waals surface area contributed by atoms with Crippen molar-refractivity contribution in [3.63, 3.8) is 0 Å². The van der Waals surface area contributed by atoms with Crippen LogP contribution in [-0.2, 0) is 0 Å². The normalized spacial score (nSPS) is 12.5. The maximum Gasteiger partial charge on any atom is 0.128 e. The van der Waals surface area contributed by atoms with Crippen LogP contribution >= 0.6 is 38.5 Å². The van der Waals surface area contributed by atoms with Gasteiger partial charge in [-0.25, -0.2) is 8.78 Å². The molecule has 1 unspecified atom stereocenters. The van der Waals surface area contributed by atoms with Crippen molar-refractivity contribution in [1.82, 2.24) is 5.32 Å². The number of nitrogens with one attached hydrogen (secondary N) is 1. The van der Waals surface area contributed by atoms with Crippen LogP contribution in [0.4, 0.5) is 8.78 Å². The number of halogens is 4. The van der Waals surface area contributed by atoms with Crippen molar-refractivity contribution >= 4 is 38.5 Å². The predicted molar refractivity (Wildman–Crippen MR) is 84.1 cm³/mol. The third-order valence-electron chi connectivity index (χ3n) is 2.83. The smallest absolute Gasteiger partial charge is 0.128 e. The largest absolute Gasteiger partial charge is 0.309 e. The van der Waals surface area contributed by atoms with Gasteiger partial charge in [0, 0.05) is 13.6 Å². The topological polar surface area (TPSA) is 12.0 Å². The lowest BCUT2D eigenvalue weighted by Crippen LogP contribution is -2.19. The lowest BCUT2D eigenvalue weighted by molar-refractivity contribution is 0.557. The maximum atomic E-state index is 13.9. The van der Waals surface area contributed by atoms with Crippen LogP contribution in [-0.4, -0.2) is 7.05 Å². The third-order valence-corrected chi connectivity index (χ3v) is 4.22. The van der Waals surface area contributed by atoms with Crippen LogP contribution in [0.15, 0.2) is 40.9 Å². The van der Waals surface area contributed by atoms with Crippen LogP contribution < -0.4 is 5.32 Å². The molecule has 19 heavy (non-hydrogen) atoms. The van der Waals surface area contributed by atoms with E-state index in [1.165, 1.54) is 6.07 Å². The molecular weight excluding hydrogens is 427 g/mol. The van der Waals surface area contributed by atoms with E-state index in [0.29, 0.717) is 5.56 Å². The van der Waals surface area contributed by atoms with E-state index in [2.05, 4.69) is 43.8 Å². The van der Waals surface area contributed by atoms with Crippen LogP contribution in [0.3, 0.4) is 0 Å². The van der Waals surface area contributed by atoms with Gasteiger partial charge in [-0.15, -0.1) is 0 Å². The van der Waals surface area contributed by atoms with Gasteiger partial charge < -0.3 is 5.32 Å². The van der Waals surface area contributed by atoms with E-state index in [1.807, 2.05) is 18.2 Å². The summed E-state index contributed by atoms with van der Waals surface area (Å²) in [5.41, 5.74) is 1.17. The Kier molecular flexibility index (Phi) is 4.92. The van der Waals surface area contributed by atoms with Gasteiger partial charge >= 0.3 is 0 Å². The summed E-state index contributed by atoms with van der Waals surface area (Å²) in [6.45, 7) is 0. The molecule has 1 N–H and O–H groups in total. The number of hydrogen-bond donors (Lipinski definition) is 1. The lowest BCUT2D eigenvalue weighted by Gasteiger charge is -2.19. The average molecular weight is 438 g/mol. The first-order chi connectivity index (χ1) is 9.02. The minimum atomic E-state index is -0.446. The Morgan fingerprint density at radius 3 is 2.53 bits per heavy atom. The molecule has 0 fully saturated rings. The lowest BCUT2D eigenvalue weighted by atomic mass is 9.98. The predicted octanol–water partition coefficient (Wildman–Crippen LogP) is 4.64. The molecule has 2 aromatic rings. The average Bonchev–Trinajstić information content (AvgIpc) is 2.38. The van der Waals surface area contributed by atoms with Gasteiger partial charge in [-0.3, -0.25) is 0 Å². The minimum absolute atomic E-state index is 0.296. The van der Waals surface area contributed by atoms with Crippen molar-refractivity contribution in [3.05, 3.63) is 67.2 Å². The van der Waals surface area contributed by atoms with E-state index < -0.39 is 17.7 Å². The van der Waals surface area contributed by atoms with E-state index in [9.17, 15) is 8.78 Å². The first-order valence-corrected chi connectivity index (χ1v) is 7.47. The summed E-state index contributed by atoms with van der Waals surface area (Å²) >= 11 is 5.64. The van der Waals surface area contributed by atoms with Crippen molar-refractivity contribution < 1.29 is 8.78 Å². The molecule has 0 aliphatic heterocycles. The highest BCUT2D eigenvalue weighted by Gasteiger charge is 2.19. The van der Waals surface area contributed by atoms with Gasteiger partial charge in [0.05, 0.1) is 6.04 Å².